The van der Waals surface area contributed by atoms with Gasteiger partial charge in [-0.3, -0.25) is 0 Å². The van der Waals surface area contributed by atoms with E-state index in [4.69, 9.17) is 4.42 Å². The summed E-state index contributed by atoms with van der Waals surface area (Å²) in [5.41, 5.74) is 14.0. The van der Waals surface area contributed by atoms with Gasteiger partial charge in [0.25, 0.3) is 0 Å². The van der Waals surface area contributed by atoms with Gasteiger partial charge in [0.15, 0.2) is 0 Å². The van der Waals surface area contributed by atoms with Gasteiger partial charge >= 0.3 is 0 Å². The third kappa shape index (κ3) is 5.26. The van der Waals surface area contributed by atoms with Crippen molar-refractivity contribution >= 4 is 54.5 Å². The lowest BCUT2D eigenvalue weighted by molar-refractivity contribution is 0.669. The molecule has 1 unspecified atom stereocenters. The van der Waals surface area contributed by atoms with Crippen molar-refractivity contribution in [1.29, 1.82) is 0 Å². The summed E-state index contributed by atoms with van der Waals surface area (Å²) in [6.45, 7) is 0. The molecule has 0 saturated carbocycles. The van der Waals surface area contributed by atoms with Crippen molar-refractivity contribution in [1.82, 2.24) is 4.57 Å². The fourth-order valence-electron chi connectivity index (χ4n) is 8.69. The molecule has 0 aliphatic heterocycles. The van der Waals surface area contributed by atoms with Gasteiger partial charge < -0.3 is 8.98 Å². The van der Waals surface area contributed by atoms with E-state index in [0.717, 1.165) is 27.6 Å². The lowest BCUT2D eigenvalue weighted by Gasteiger charge is -2.22. The molecule has 0 bridgehead atoms. The molecule has 1 atom stereocenters. The van der Waals surface area contributed by atoms with Crippen LogP contribution >= 0.6 is 0 Å². The van der Waals surface area contributed by atoms with Gasteiger partial charge in [-0.1, -0.05) is 164 Å². The number of fused-ring (bicyclic) bond motifs is 7. The predicted octanol–water partition coefficient (Wildman–Crippen LogP) is 14.4. The van der Waals surface area contributed by atoms with Crippen LogP contribution in [0.15, 0.2) is 211 Å². The van der Waals surface area contributed by atoms with Crippen LogP contribution in [0.4, 0.5) is 0 Å². The summed E-state index contributed by atoms with van der Waals surface area (Å²) in [6.07, 6.45) is 0. The molecule has 0 amide bonds. The highest BCUT2D eigenvalue weighted by Gasteiger charge is 2.24. The number of para-hydroxylation sites is 4. The molecule has 0 spiro atoms. The minimum Gasteiger partial charge on any atom is -0.456 e. The highest BCUT2D eigenvalue weighted by Crippen LogP contribution is 2.42. The summed E-state index contributed by atoms with van der Waals surface area (Å²) in [4.78, 5) is 0. The molecule has 2 aromatic heterocycles. The van der Waals surface area contributed by atoms with E-state index in [0.29, 0.717) is 0 Å². The van der Waals surface area contributed by atoms with E-state index in [1.807, 2.05) is 12.1 Å². The number of rotatable bonds is 6. The molecule has 2 heteroatoms. The standard InChI is InChI=1S/C53H35NO/c1-3-12-35(13-4-1)36-22-26-38(27-23-36)52(47-19-11-18-46-44-16-7-9-20-49(44)54(53(46)47)43-14-5-2-6-15-43)39-28-24-37(25-29-39)40-30-31-41-33-48-45-17-8-10-21-50(45)55-51(48)34-42(41)32-40/h1-34,52H. The summed E-state index contributed by atoms with van der Waals surface area (Å²) in [5.74, 6) is -0.00711. The maximum atomic E-state index is 6.25. The Bertz CT molecular complexity index is 3170. The summed E-state index contributed by atoms with van der Waals surface area (Å²) < 4.78 is 8.70. The monoisotopic (exact) mass is 701 g/mol. The van der Waals surface area contributed by atoms with E-state index >= 15 is 0 Å². The summed E-state index contributed by atoms with van der Waals surface area (Å²) in [7, 11) is 0. The molecule has 2 heterocycles. The number of furan rings is 1. The molecular weight excluding hydrogens is 667 g/mol. The number of hydrogen-bond donors (Lipinski definition) is 0. The van der Waals surface area contributed by atoms with Crippen molar-refractivity contribution in [2.24, 2.45) is 0 Å². The minimum absolute atomic E-state index is 0.00711. The van der Waals surface area contributed by atoms with Gasteiger partial charge in [0, 0.05) is 33.2 Å². The molecule has 0 aliphatic rings. The fraction of sp³-hybridized carbons (Fsp3) is 0.0189. The first-order valence-electron chi connectivity index (χ1n) is 19.0. The lowest BCUT2D eigenvalue weighted by Crippen LogP contribution is -2.06. The van der Waals surface area contributed by atoms with Crippen LogP contribution in [0.5, 0.6) is 0 Å². The second-order valence-electron chi connectivity index (χ2n) is 14.5. The Labute approximate surface area is 319 Å². The van der Waals surface area contributed by atoms with Crippen molar-refractivity contribution < 1.29 is 4.42 Å². The Morgan fingerprint density at radius 3 is 1.73 bits per heavy atom. The first-order chi connectivity index (χ1) is 27.3. The second kappa shape index (κ2) is 12.8. The molecule has 0 N–H and O–H groups in total. The number of nitrogens with zero attached hydrogens (tertiary/aromatic N) is 1. The molecule has 0 radical (unpaired) electrons. The van der Waals surface area contributed by atoms with Crippen LogP contribution in [0.2, 0.25) is 0 Å². The van der Waals surface area contributed by atoms with E-state index in [9.17, 15) is 0 Å². The average Bonchev–Trinajstić information content (AvgIpc) is 3.79. The number of hydrogen-bond acceptors (Lipinski definition) is 1. The van der Waals surface area contributed by atoms with E-state index < -0.39 is 0 Å². The van der Waals surface area contributed by atoms with Crippen molar-refractivity contribution in [3.05, 3.63) is 223 Å². The molecule has 55 heavy (non-hydrogen) atoms. The van der Waals surface area contributed by atoms with Gasteiger partial charge in [-0.25, -0.2) is 0 Å². The van der Waals surface area contributed by atoms with Crippen LogP contribution in [0.25, 0.3) is 82.5 Å². The average molecular weight is 702 g/mol. The first kappa shape index (κ1) is 31.4. The maximum Gasteiger partial charge on any atom is 0.136 e. The quantitative estimate of drug-likeness (QED) is 0.158. The van der Waals surface area contributed by atoms with Gasteiger partial charge in [-0.05, 0) is 92.2 Å². The SMILES string of the molecule is c1ccc(-c2ccc(C(c3ccc(-c4ccc5cc6c(cc5c4)oc4ccccc46)cc3)c3cccc4c5ccccc5n(-c5ccccc5)c34)cc2)cc1. The van der Waals surface area contributed by atoms with Crippen molar-refractivity contribution in [2.45, 2.75) is 5.92 Å². The van der Waals surface area contributed by atoms with Crippen LogP contribution in [0.3, 0.4) is 0 Å². The normalized spacial score (nSPS) is 12.3. The van der Waals surface area contributed by atoms with Gasteiger partial charge in [-0.15, -0.1) is 0 Å². The van der Waals surface area contributed by atoms with E-state index in [1.54, 1.807) is 0 Å². The van der Waals surface area contributed by atoms with Crippen LogP contribution in [-0.2, 0) is 0 Å². The fourth-order valence-corrected chi connectivity index (χ4v) is 8.69. The van der Waals surface area contributed by atoms with Crippen LogP contribution in [0, 0.1) is 0 Å². The zero-order valence-corrected chi connectivity index (χ0v) is 30.1. The summed E-state index contributed by atoms with van der Waals surface area (Å²) in [5, 5.41) is 7.21. The number of benzene rings is 9. The molecule has 9 aromatic carbocycles. The first-order valence-corrected chi connectivity index (χ1v) is 19.0. The van der Waals surface area contributed by atoms with E-state index in [2.05, 4.69) is 199 Å². The Kier molecular flexibility index (Phi) is 7.28. The van der Waals surface area contributed by atoms with Gasteiger partial charge in [-0.2, -0.15) is 0 Å². The van der Waals surface area contributed by atoms with Crippen LogP contribution < -0.4 is 0 Å². The van der Waals surface area contributed by atoms with Crippen molar-refractivity contribution in [3.63, 3.8) is 0 Å². The second-order valence-corrected chi connectivity index (χ2v) is 14.5. The molecule has 0 saturated heterocycles. The summed E-state index contributed by atoms with van der Waals surface area (Å²) >= 11 is 0. The zero-order valence-electron chi connectivity index (χ0n) is 30.1. The molecule has 2 nitrogen and oxygen atoms in total. The Morgan fingerprint density at radius 1 is 0.364 bits per heavy atom. The summed E-state index contributed by atoms with van der Waals surface area (Å²) in [6, 6.07) is 74.9. The largest absolute Gasteiger partial charge is 0.456 e. The third-order valence-corrected chi connectivity index (χ3v) is 11.3. The molecule has 0 fully saturated rings. The van der Waals surface area contributed by atoms with Gasteiger partial charge in [0.2, 0.25) is 0 Å². The van der Waals surface area contributed by atoms with Gasteiger partial charge in [0.05, 0.1) is 11.0 Å². The van der Waals surface area contributed by atoms with E-state index in [-0.39, 0.29) is 5.92 Å². The van der Waals surface area contributed by atoms with Gasteiger partial charge in [0.1, 0.15) is 11.2 Å². The molecule has 258 valence electrons. The van der Waals surface area contributed by atoms with Crippen LogP contribution in [0.1, 0.15) is 22.6 Å². The molecule has 11 rings (SSSR count). The molecule has 11 aromatic rings. The zero-order chi connectivity index (χ0) is 36.3. The highest BCUT2D eigenvalue weighted by atomic mass is 16.3. The van der Waals surface area contributed by atoms with Crippen molar-refractivity contribution in [2.75, 3.05) is 0 Å². The maximum absolute atomic E-state index is 6.25. The highest BCUT2D eigenvalue weighted by molar-refractivity contribution is 6.11. The topological polar surface area (TPSA) is 18.1 Å². The number of aromatic nitrogens is 1. The predicted molar refractivity (Wildman–Crippen MR) is 230 cm³/mol. The molecular formula is C53H35NO. The van der Waals surface area contributed by atoms with Crippen LogP contribution in [-0.4, -0.2) is 4.57 Å². The minimum atomic E-state index is -0.00711. The molecule has 0 aliphatic carbocycles. The van der Waals surface area contributed by atoms with Crippen molar-refractivity contribution in [3.8, 4) is 27.9 Å². The van der Waals surface area contributed by atoms with E-state index in [1.165, 1.54) is 71.5 Å². The lowest BCUT2D eigenvalue weighted by atomic mass is 9.83. The third-order valence-electron chi connectivity index (χ3n) is 11.3. The smallest absolute Gasteiger partial charge is 0.136 e. The Morgan fingerprint density at radius 2 is 0.964 bits per heavy atom. The Hall–Kier alpha value is -7.16. The Balaban J connectivity index is 1.07.